The summed E-state index contributed by atoms with van der Waals surface area (Å²) >= 11 is 0. The average Bonchev–Trinajstić information content (AvgIpc) is 2.36. The van der Waals surface area contributed by atoms with Crippen LogP contribution in [-0.4, -0.2) is 18.0 Å². The molecule has 1 N–H and O–H groups in total. The molecular formula is C13H18N2O2. The zero-order valence-electron chi connectivity index (χ0n) is 10.5. The number of ether oxygens (including phenoxy) is 1. The number of pyridine rings is 1. The smallest absolute Gasteiger partial charge is 0.246 e. The molecule has 17 heavy (non-hydrogen) atoms. The zero-order valence-corrected chi connectivity index (χ0v) is 10.5. The van der Waals surface area contributed by atoms with Gasteiger partial charge in [0.1, 0.15) is 0 Å². The van der Waals surface area contributed by atoms with Crippen molar-refractivity contribution in [2.24, 2.45) is 0 Å². The van der Waals surface area contributed by atoms with Crippen molar-refractivity contribution in [1.29, 1.82) is 0 Å². The molecule has 0 aromatic carbocycles. The molecule has 0 radical (unpaired) electrons. The van der Waals surface area contributed by atoms with Gasteiger partial charge in [0.15, 0.2) is 0 Å². The first-order valence-corrected chi connectivity index (χ1v) is 5.61. The van der Waals surface area contributed by atoms with Gasteiger partial charge in [0.05, 0.1) is 7.11 Å². The lowest BCUT2D eigenvalue weighted by Crippen LogP contribution is -2.23. The predicted octanol–water partition coefficient (Wildman–Crippen LogP) is 2.06. The van der Waals surface area contributed by atoms with Crippen molar-refractivity contribution in [2.45, 2.75) is 26.8 Å². The first-order chi connectivity index (χ1) is 8.19. The second-order valence-electron chi connectivity index (χ2n) is 3.65. The maximum Gasteiger partial charge on any atom is 0.246 e. The van der Waals surface area contributed by atoms with E-state index >= 15 is 0 Å². The van der Waals surface area contributed by atoms with Gasteiger partial charge in [0.2, 0.25) is 11.8 Å². The van der Waals surface area contributed by atoms with Crippen molar-refractivity contribution in [3.8, 4) is 5.88 Å². The topological polar surface area (TPSA) is 51.2 Å². The Morgan fingerprint density at radius 3 is 3.00 bits per heavy atom. The van der Waals surface area contributed by atoms with Gasteiger partial charge in [0.25, 0.3) is 0 Å². The Hall–Kier alpha value is -1.84. The van der Waals surface area contributed by atoms with E-state index in [-0.39, 0.29) is 5.91 Å². The van der Waals surface area contributed by atoms with E-state index in [1.807, 2.05) is 25.1 Å². The van der Waals surface area contributed by atoms with Gasteiger partial charge in [-0.1, -0.05) is 19.1 Å². The summed E-state index contributed by atoms with van der Waals surface area (Å²) in [5.74, 6) is 0.489. The molecule has 0 spiro atoms. The number of carbonyl (C=O) groups excluding carboxylic acids is 1. The third kappa shape index (κ3) is 3.90. The second-order valence-corrected chi connectivity index (χ2v) is 3.65. The summed E-state index contributed by atoms with van der Waals surface area (Å²) in [6.45, 7) is 4.23. The van der Waals surface area contributed by atoms with Crippen LogP contribution in [0.1, 0.15) is 25.8 Å². The van der Waals surface area contributed by atoms with E-state index in [1.54, 1.807) is 20.2 Å². The Balaban J connectivity index is 2.61. The second kappa shape index (κ2) is 6.68. The van der Waals surface area contributed by atoms with Crippen molar-refractivity contribution >= 4 is 5.91 Å². The molecule has 92 valence electrons. The minimum Gasteiger partial charge on any atom is -0.481 e. The Morgan fingerprint density at radius 2 is 2.35 bits per heavy atom. The van der Waals surface area contributed by atoms with Crippen LogP contribution in [0, 0.1) is 0 Å². The normalized spacial score (nSPS) is 11.1. The monoisotopic (exact) mass is 234 g/mol. The predicted molar refractivity (Wildman–Crippen MR) is 66.7 cm³/mol. The molecule has 0 unspecified atom stereocenters. The molecule has 0 atom stereocenters. The van der Waals surface area contributed by atoms with Gasteiger partial charge >= 0.3 is 0 Å². The Bertz CT molecular complexity index is 414. The van der Waals surface area contributed by atoms with Crippen LogP contribution in [-0.2, 0) is 11.3 Å². The summed E-state index contributed by atoms with van der Waals surface area (Å²) < 4.78 is 5.11. The summed E-state index contributed by atoms with van der Waals surface area (Å²) in [6, 6.07) is 3.70. The molecule has 0 saturated heterocycles. The van der Waals surface area contributed by atoms with E-state index in [0.717, 1.165) is 17.6 Å². The number of nitrogens with one attached hydrogen (secondary N) is 1. The third-order valence-corrected chi connectivity index (χ3v) is 2.35. The standard InChI is InChI=1S/C13H18N2O2/c1-4-6-10(2)12(16)15-9-11-7-5-8-14-13(11)17-3/h5-8H,4,9H2,1-3H3,(H,15,16)/b10-6-. The van der Waals surface area contributed by atoms with Crippen molar-refractivity contribution in [2.75, 3.05) is 7.11 Å². The van der Waals surface area contributed by atoms with Crippen LogP contribution < -0.4 is 10.1 Å². The number of nitrogens with zero attached hydrogens (tertiary/aromatic N) is 1. The molecule has 1 rings (SSSR count). The number of allylic oxidation sites excluding steroid dienone is 1. The molecule has 0 saturated carbocycles. The summed E-state index contributed by atoms with van der Waals surface area (Å²) in [7, 11) is 1.57. The lowest BCUT2D eigenvalue weighted by Gasteiger charge is -2.08. The van der Waals surface area contributed by atoms with Crippen molar-refractivity contribution in [3.05, 3.63) is 35.5 Å². The SMILES string of the molecule is CC/C=C(/C)C(=O)NCc1cccnc1OC. The van der Waals surface area contributed by atoms with Gasteiger partial charge in [-0.15, -0.1) is 0 Å². The molecule has 0 bridgehead atoms. The van der Waals surface area contributed by atoms with Gasteiger partial charge in [-0.25, -0.2) is 4.98 Å². The molecular weight excluding hydrogens is 216 g/mol. The van der Waals surface area contributed by atoms with Gasteiger partial charge in [0, 0.05) is 23.9 Å². The minimum atomic E-state index is -0.0576. The van der Waals surface area contributed by atoms with Crippen molar-refractivity contribution < 1.29 is 9.53 Å². The Morgan fingerprint density at radius 1 is 1.59 bits per heavy atom. The highest BCUT2D eigenvalue weighted by Crippen LogP contribution is 2.12. The maximum absolute atomic E-state index is 11.7. The summed E-state index contributed by atoms with van der Waals surface area (Å²) in [4.78, 5) is 15.7. The third-order valence-electron chi connectivity index (χ3n) is 2.35. The number of rotatable bonds is 5. The molecule has 0 aliphatic rings. The van der Waals surface area contributed by atoms with Crippen LogP contribution in [0.3, 0.4) is 0 Å². The van der Waals surface area contributed by atoms with Gasteiger partial charge in [-0.3, -0.25) is 4.79 Å². The minimum absolute atomic E-state index is 0.0576. The van der Waals surface area contributed by atoms with Gasteiger partial charge < -0.3 is 10.1 Å². The average molecular weight is 234 g/mol. The Labute approximate surface area is 102 Å². The molecule has 1 aromatic heterocycles. The molecule has 1 aromatic rings. The van der Waals surface area contributed by atoms with Crippen molar-refractivity contribution in [1.82, 2.24) is 10.3 Å². The van der Waals surface area contributed by atoms with E-state index in [2.05, 4.69) is 10.3 Å². The lowest BCUT2D eigenvalue weighted by molar-refractivity contribution is -0.117. The first kappa shape index (κ1) is 13.2. The largest absolute Gasteiger partial charge is 0.481 e. The summed E-state index contributed by atoms with van der Waals surface area (Å²) in [5.41, 5.74) is 1.60. The molecule has 1 amide bonds. The van der Waals surface area contributed by atoms with Gasteiger partial charge in [-0.2, -0.15) is 0 Å². The van der Waals surface area contributed by atoms with Crippen LogP contribution in [0.25, 0.3) is 0 Å². The quantitative estimate of drug-likeness (QED) is 0.793. The first-order valence-electron chi connectivity index (χ1n) is 5.61. The van der Waals surface area contributed by atoms with E-state index in [9.17, 15) is 4.79 Å². The zero-order chi connectivity index (χ0) is 12.7. The number of hydrogen-bond donors (Lipinski definition) is 1. The van der Waals surface area contributed by atoms with E-state index < -0.39 is 0 Å². The highest BCUT2D eigenvalue weighted by molar-refractivity contribution is 5.92. The highest BCUT2D eigenvalue weighted by atomic mass is 16.5. The maximum atomic E-state index is 11.7. The summed E-state index contributed by atoms with van der Waals surface area (Å²) in [5, 5.41) is 2.83. The van der Waals surface area contributed by atoms with Gasteiger partial charge in [-0.05, 0) is 19.4 Å². The van der Waals surface area contributed by atoms with Crippen molar-refractivity contribution in [3.63, 3.8) is 0 Å². The van der Waals surface area contributed by atoms with Crippen LogP contribution in [0.2, 0.25) is 0 Å². The van der Waals surface area contributed by atoms with E-state index in [1.165, 1.54) is 0 Å². The molecule has 0 aliphatic carbocycles. The molecule has 4 nitrogen and oxygen atoms in total. The van der Waals surface area contributed by atoms with E-state index in [4.69, 9.17) is 4.74 Å². The fourth-order valence-electron chi connectivity index (χ4n) is 1.46. The Kier molecular flexibility index (Phi) is 5.20. The molecule has 1 heterocycles. The van der Waals surface area contributed by atoms with Crippen LogP contribution in [0.15, 0.2) is 30.0 Å². The highest BCUT2D eigenvalue weighted by Gasteiger charge is 2.06. The van der Waals surface area contributed by atoms with Crippen LogP contribution in [0.5, 0.6) is 5.88 Å². The summed E-state index contributed by atoms with van der Waals surface area (Å²) in [6.07, 6.45) is 4.41. The fourth-order valence-corrected chi connectivity index (χ4v) is 1.46. The molecule has 0 fully saturated rings. The molecule has 0 aliphatic heterocycles. The number of amides is 1. The number of methoxy groups -OCH3 is 1. The number of carbonyl (C=O) groups is 1. The fraction of sp³-hybridized carbons (Fsp3) is 0.385. The van der Waals surface area contributed by atoms with Crippen LogP contribution >= 0.6 is 0 Å². The van der Waals surface area contributed by atoms with E-state index in [0.29, 0.717) is 12.4 Å². The number of hydrogen-bond acceptors (Lipinski definition) is 3. The van der Waals surface area contributed by atoms with Crippen LogP contribution in [0.4, 0.5) is 0 Å². The lowest BCUT2D eigenvalue weighted by atomic mass is 10.2. The number of aromatic nitrogens is 1. The molecule has 4 heteroatoms.